The highest BCUT2D eigenvalue weighted by Gasteiger charge is 2.32. The van der Waals surface area contributed by atoms with Crippen LogP contribution in [-0.2, 0) is 22.6 Å². The van der Waals surface area contributed by atoms with Crippen LogP contribution >= 0.6 is 0 Å². The van der Waals surface area contributed by atoms with Gasteiger partial charge in [0.15, 0.2) is 0 Å². The summed E-state index contributed by atoms with van der Waals surface area (Å²) in [6.07, 6.45) is 2.17. The van der Waals surface area contributed by atoms with Crippen molar-refractivity contribution in [2.75, 3.05) is 6.54 Å². The summed E-state index contributed by atoms with van der Waals surface area (Å²) >= 11 is 0. The molecule has 1 saturated carbocycles. The Morgan fingerprint density at radius 3 is 2.45 bits per heavy atom. The number of fused-ring (bicyclic) bond motifs is 1. The number of carbonyl (C=O) groups excluding carboxylic acids is 2. The minimum Gasteiger partial charge on any atom is -0.347 e. The number of amides is 2. The number of carbonyl (C=O) groups is 2. The highest BCUT2D eigenvalue weighted by Crippen LogP contribution is 2.28. The number of nitrogens with zero attached hydrogens (tertiary/aromatic N) is 1. The molecule has 148 valence electrons. The van der Waals surface area contributed by atoms with Crippen molar-refractivity contribution in [1.82, 2.24) is 10.2 Å². The number of nitrogens with one attached hydrogen (secondary N) is 1. The molecule has 3 aromatic rings. The minimum absolute atomic E-state index is 0.0265. The smallest absolute Gasteiger partial charge is 0.242 e. The SMILES string of the molecule is O=C(Cc1cccc2ccccc12)NCC(=O)N(Cc1ccc(F)cc1)C1CC1. The van der Waals surface area contributed by atoms with E-state index in [0.717, 1.165) is 34.7 Å². The van der Waals surface area contributed by atoms with Gasteiger partial charge in [-0.1, -0.05) is 54.6 Å². The lowest BCUT2D eigenvalue weighted by molar-refractivity contribution is -0.133. The lowest BCUT2D eigenvalue weighted by Crippen LogP contribution is -2.41. The maximum atomic E-state index is 13.1. The summed E-state index contributed by atoms with van der Waals surface area (Å²) in [7, 11) is 0. The van der Waals surface area contributed by atoms with Crippen LogP contribution in [0.3, 0.4) is 0 Å². The maximum Gasteiger partial charge on any atom is 0.242 e. The highest BCUT2D eigenvalue weighted by molar-refractivity contribution is 5.91. The number of halogens is 1. The van der Waals surface area contributed by atoms with Gasteiger partial charge in [-0.2, -0.15) is 0 Å². The summed E-state index contributed by atoms with van der Waals surface area (Å²) in [6, 6.07) is 20.2. The van der Waals surface area contributed by atoms with Crippen LogP contribution in [0.4, 0.5) is 4.39 Å². The van der Waals surface area contributed by atoms with E-state index in [0.29, 0.717) is 6.54 Å². The summed E-state index contributed by atoms with van der Waals surface area (Å²) in [5.41, 5.74) is 1.83. The second kappa shape index (κ2) is 8.43. The van der Waals surface area contributed by atoms with Gasteiger partial charge < -0.3 is 10.2 Å². The topological polar surface area (TPSA) is 49.4 Å². The molecule has 0 spiro atoms. The Bertz CT molecular complexity index is 1020. The molecule has 0 aliphatic heterocycles. The van der Waals surface area contributed by atoms with E-state index in [1.165, 1.54) is 12.1 Å². The third-order valence-electron chi connectivity index (χ3n) is 5.24. The van der Waals surface area contributed by atoms with E-state index < -0.39 is 0 Å². The molecule has 5 heteroatoms. The molecule has 1 fully saturated rings. The monoisotopic (exact) mass is 390 g/mol. The predicted octanol–water partition coefficient (Wildman–Crippen LogP) is 3.83. The molecule has 29 heavy (non-hydrogen) atoms. The summed E-state index contributed by atoms with van der Waals surface area (Å²) in [5.74, 6) is -0.575. The van der Waals surface area contributed by atoms with Gasteiger partial charge >= 0.3 is 0 Å². The number of benzene rings is 3. The third-order valence-corrected chi connectivity index (χ3v) is 5.24. The molecule has 4 nitrogen and oxygen atoms in total. The Morgan fingerprint density at radius 1 is 0.966 bits per heavy atom. The highest BCUT2D eigenvalue weighted by atomic mass is 19.1. The molecule has 1 aliphatic carbocycles. The fourth-order valence-electron chi connectivity index (χ4n) is 3.55. The van der Waals surface area contributed by atoms with Crippen LogP contribution in [0.2, 0.25) is 0 Å². The van der Waals surface area contributed by atoms with E-state index in [4.69, 9.17) is 0 Å². The van der Waals surface area contributed by atoms with Crippen LogP contribution in [-0.4, -0.2) is 29.3 Å². The van der Waals surface area contributed by atoms with Crippen molar-refractivity contribution < 1.29 is 14.0 Å². The number of hydrogen-bond acceptors (Lipinski definition) is 2. The third kappa shape index (κ3) is 4.80. The van der Waals surface area contributed by atoms with Gasteiger partial charge in [0.1, 0.15) is 5.82 Å². The molecule has 4 rings (SSSR count). The van der Waals surface area contributed by atoms with E-state index in [-0.39, 0.29) is 36.6 Å². The predicted molar refractivity (Wildman–Crippen MR) is 111 cm³/mol. The van der Waals surface area contributed by atoms with Crippen LogP contribution in [0, 0.1) is 5.82 Å². The number of rotatable bonds is 7. The maximum absolute atomic E-state index is 13.1. The van der Waals surface area contributed by atoms with Crippen LogP contribution in [0.25, 0.3) is 10.8 Å². The first-order valence-corrected chi connectivity index (χ1v) is 9.87. The van der Waals surface area contributed by atoms with Crippen molar-refractivity contribution in [3.05, 3.63) is 83.7 Å². The fourth-order valence-corrected chi connectivity index (χ4v) is 3.55. The van der Waals surface area contributed by atoms with Gasteiger partial charge in [-0.05, 0) is 46.9 Å². The van der Waals surface area contributed by atoms with Crippen LogP contribution < -0.4 is 5.32 Å². The molecule has 2 amide bonds. The lowest BCUT2D eigenvalue weighted by atomic mass is 10.0. The van der Waals surface area contributed by atoms with Crippen LogP contribution in [0.15, 0.2) is 66.7 Å². The van der Waals surface area contributed by atoms with Crippen molar-refractivity contribution in [2.45, 2.75) is 31.8 Å². The average molecular weight is 390 g/mol. The average Bonchev–Trinajstić information content (AvgIpc) is 3.57. The van der Waals surface area contributed by atoms with Gasteiger partial charge in [-0.25, -0.2) is 4.39 Å². The van der Waals surface area contributed by atoms with Crippen molar-refractivity contribution in [3.8, 4) is 0 Å². The van der Waals surface area contributed by atoms with Crippen molar-refractivity contribution in [3.63, 3.8) is 0 Å². The van der Waals surface area contributed by atoms with Gasteiger partial charge in [-0.3, -0.25) is 9.59 Å². The van der Waals surface area contributed by atoms with Gasteiger partial charge in [0.2, 0.25) is 11.8 Å². The molecule has 0 heterocycles. The van der Waals surface area contributed by atoms with Crippen LogP contribution in [0.5, 0.6) is 0 Å². The quantitative estimate of drug-likeness (QED) is 0.667. The van der Waals surface area contributed by atoms with Crippen molar-refractivity contribution in [2.24, 2.45) is 0 Å². The summed E-state index contributed by atoms with van der Waals surface area (Å²) in [4.78, 5) is 26.9. The molecule has 0 atom stereocenters. The summed E-state index contributed by atoms with van der Waals surface area (Å²) in [6.45, 7) is 0.407. The first-order chi connectivity index (χ1) is 14.1. The Morgan fingerprint density at radius 2 is 1.69 bits per heavy atom. The van der Waals surface area contributed by atoms with Crippen molar-refractivity contribution >= 4 is 22.6 Å². The summed E-state index contributed by atoms with van der Waals surface area (Å²) < 4.78 is 13.1. The Kier molecular flexibility index (Phi) is 5.56. The molecule has 0 saturated heterocycles. The fraction of sp³-hybridized carbons (Fsp3) is 0.250. The van der Waals surface area contributed by atoms with Gasteiger partial charge in [-0.15, -0.1) is 0 Å². The number of hydrogen-bond donors (Lipinski definition) is 1. The molecule has 3 aromatic carbocycles. The zero-order valence-electron chi connectivity index (χ0n) is 16.1. The largest absolute Gasteiger partial charge is 0.347 e. The standard InChI is InChI=1S/C24H23FN2O2/c25-20-10-8-17(9-11-20)16-27(21-12-13-21)24(29)15-26-23(28)14-19-6-3-5-18-4-1-2-7-22(18)19/h1-11,21H,12-16H2,(H,26,28). The van der Waals surface area contributed by atoms with E-state index in [9.17, 15) is 14.0 Å². The Balaban J connectivity index is 1.36. The zero-order valence-corrected chi connectivity index (χ0v) is 16.1. The molecule has 1 aliphatic rings. The molecular formula is C24H23FN2O2. The zero-order chi connectivity index (χ0) is 20.2. The van der Waals surface area contributed by atoms with Crippen molar-refractivity contribution in [1.29, 1.82) is 0 Å². The Hall–Kier alpha value is -3.21. The second-order valence-corrected chi connectivity index (χ2v) is 7.47. The lowest BCUT2D eigenvalue weighted by Gasteiger charge is -2.23. The van der Waals surface area contributed by atoms with Gasteiger partial charge in [0.05, 0.1) is 13.0 Å². The van der Waals surface area contributed by atoms with E-state index in [1.807, 2.05) is 42.5 Å². The second-order valence-electron chi connectivity index (χ2n) is 7.47. The summed E-state index contributed by atoms with van der Waals surface area (Å²) in [5, 5.41) is 4.90. The Labute approximate surface area is 169 Å². The van der Waals surface area contributed by atoms with E-state index in [1.54, 1.807) is 17.0 Å². The normalized spacial score (nSPS) is 13.3. The minimum atomic E-state index is -0.293. The van der Waals surface area contributed by atoms with Crippen LogP contribution in [0.1, 0.15) is 24.0 Å². The van der Waals surface area contributed by atoms with Gasteiger partial charge in [0.25, 0.3) is 0 Å². The van der Waals surface area contributed by atoms with E-state index in [2.05, 4.69) is 5.32 Å². The van der Waals surface area contributed by atoms with Gasteiger partial charge in [0, 0.05) is 12.6 Å². The molecule has 0 unspecified atom stereocenters. The van der Waals surface area contributed by atoms with E-state index >= 15 is 0 Å². The molecule has 1 N–H and O–H groups in total. The molecule has 0 aromatic heterocycles. The molecular weight excluding hydrogens is 367 g/mol. The molecule has 0 bridgehead atoms. The first-order valence-electron chi connectivity index (χ1n) is 9.87. The molecule has 0 radical (unpaired) electrons. The first kappa shape index (κ1) is 19.1.